The van der Waals surface area contributed by atoms with Crippen molar-refractivity contribution in [3.63, 3.8) is 0 Å². The van der Waals surface area contributed by atoms with Crippen molar-refractivity contribution in [2.75, 3.05) is 13.2 Å². The molecule has 0 radical (unpaired) electrons. The predicted octanol–water partition coefficient (Wildman–Crippen LogP) is -1.81. The number of hydrogen-bond acceptors (Lipinski definition) is 6. The Morgan fingerprint density at radius 3 is 2.56 bits per heavy atom. The summed E-state index contributed by atoms with van der Waals surface area (Å²) in [5.74, 6) is -0.746. The van der Waals surface area contributed by atoms with Gasteiger partial charge in [0.05, 0.1) is 12.6 Å². The van der Waals surface area contributed by atoms with Crippen molar-refractivity contribution in [1.82, 2.24) is 5.32 Å². The molecule has 0 unspecified atom stereocenters. The number of aliphatic hydroxyl groups excluding tert-OH is 3. The van der Waals surface area contributed by atoms with Gasteiger partial charge in [-0.1, -0.05) is 0 Å². The molecule has 4 N–H and O–H groups in total. The fraction of sp³-hybridized carbons (Fsp3) is 1.00. The van der Waals surface area contributed by atoms with Crippen molar-refractivity contribution in [2.24, 2.45) is 0 Å². The fourth-order valence-electron chi connectivity index (χ4n) is 2.30. The molecule has 2 fully saturated rings. The Balaban J connectivity index is 2.14. The molecule has 6 heteroatoms. The second-order valence-corrected chi connectivity index (χ2v) is 4.82. The summed E-state index contributed by atoms with van der Waals surface area (Å²) in [7, 11) is 0. The largest absolute Gasteiger partial charge is 0.395 e. The molecule has 0 aromatic carbocycles. The highest BCUT2D eigenvalue weighted by atomic mass is 16.8. The summed E-state index contributed by atoms with van der Waals surface area (Å²) in [5.41, 5.74) is 0. The van der Waals surface area contributed by atoms with Gasteiger partial charge in [0.1, 0.15) is 24.4 Å². The maximum Gasteiger partial charge on any atom is 0.163 e. The number of hydrogen-bond donors (Lipinski definition) is 4. The third-order valence-corrected chi connectivity index (χ3v) is 3.10. The predicted molar refractivity (Wildman–Crippen MR) is 54.7 cm³/mol. The van der Waals surface area contributed by atoms with E-state index < -0.39 is 30.1 Å². The first-order valence-electron chi connectivity index (χ1n) is 5.50. The Morgan fingerprint density at radius 1 is 1.25 bits per heavy atom. The first kappa shape index (κ1) is 12.2. The van der Waals surface area contributed by atoms with Crippen LogP contribution in [0, 0.1) is 0 Å². The number of aliphatic hydroxyl groups is 3. The van der Waals surface area contributed by atoms with Crippen LogP contribution in [0.2, 0.25) is 0 Å². The van der Waals surface area contributed by atoms with Crippen LogP contribution in [0.5, 0.6) is 0 Å². The van der Waals surface area contributed by atoms with Crippen molar-refractivity contribution < 1.29 is 24.8 Å². The molecule has 5 atom stereocenters. The van der Waals surface area contributed by atoms with Crippen LogP contribution in [0.4, 0.5) is 0 Å². The molecule has 0 aliphatic carbocycles. The minimum Gasteiger partial charge on any atom is -0.395 e. The standard InChI is InChI=1S/C10H19NO5/c1-10(2)15-6-3-11-5(4-12)7(13)8(14)9(6)16-10/h5-9,11-14H,3-4H2,1-2H3/t5-,6-,7-,8-,9-/m1/s1. The third kappa shape index (κ3) is 2.09. The summed E-state index contributed by atoms with van der Waals surface area (Å²) in [6, 6.07) is -0.545. The summed E-state index contributed by atoms with van der Waals surface area (Å²) in [6.45, 7) is 3.74. The molecule has 2 rings (SSSR count). The van der Waals surface area contributed by atoms with Crippen LogP contribution in [-0.4, -0.2) is 64.7 Å². The quantitative estimate of drug-likeness (QED) is 0.427. The Hall–Kier alpha value is -0.240. The summed E-state index contributed by atoms with van der Waals surface area (Å²) in [6.07, 6.45) is -2.98. The van der Waals surface area contributed by atoms with Crippen molar-refractivity contribution in [2.45, 2.75) is 50.1 Å². The minimum absolute atomic E-state index is 0.235. The molecular weight excluding hydrogens is 214 g/mol. The van der Waals surface area contributed by atoms with Gasteiger partial charge < -0.3 is 30.1 Å². The second-order valence-electron chi connectivity index (χ2n) is 4.82. The van der Waals surface area contributed by atoms with E-state index in [0.717, 1.165) is 0 Å². The summed E-state index contributed by atoms with van der Waals surface area (Å²) < 4.78 is 11.2. The Labute approximate surface area is 94.2 Å². The molecule has 94 valence electrons. The first-order valence-corrected chi connectivity index (χ1v) is 5.50. The normalized spacial score (nSPS) is 47.4. The van der Waals surface area contributed by atoms with Crippen LogP contribution in [0.25, 0.3) is 0 Å². The molecule has 0 amide bonds. The maximum absolute atomic E-state index is 9.96. The number of fused-ring (bicyclic) bond motifs is 1. The van der Waals surface area contributed by atoms with E-state index in [9.17, 15) is 10.2 Å². The van der Waals surface area contributed by atoms with Crippen LogP contribution < -0.4 is 5.32 Å². The minimum atomic E-state index is -1.06. The zero-order valence-electron chi connectivity index (χ0n) is 9.46. The highest BCUT2D eigenvalue weighted by molar-refractivity contribution is 4.98. The molecule has 0 saturated carbocycles. The maximum atomic E-state index is 9.96. The van der Waals surface area contributed by atoms with Gasteiger partial charge in [0, 0.05) is 6.54 Å². The van der Waals surface area contributed by atoms with E-state index in [-0.39, 0.29) is 12.7 Å². The lowest BCUT2D eigenvalue weighted by Gasteiger charge is -2.26. The van der Waals surface area contributed by atoms with E-state index >= 15 is 0 Å². The molecule has 0 aromatic heterocycles. The lowest BCUT2D eigenvalue weighted by molar-refractivity contribution is -0.167. The highest BCUT2D eigenvalue weighted by Crippen LogP contribution is 2.32. The second kappa shape index (κ2) is 4.21. The molecule has 2 aliphatic heterocycles. The Bertz CT molecular complexity index is 260. The average molecular weight is 233 g/mol. The topological polar surface area (TPSA) is 91.2 Å². The van der Waals surface area contributed by atoms with Crippen LogP contribution in [-0.2, 0) is 9.47 Å². The SMILES string of the molecule is CC1(C)O[C@H]2[C@H](O)[C@H](O)[C@@H](CO)NC[C@H]2O1. The summed E-state index contributed by atoms with van der Waals surface area (Å²) in [4.78, 5) is 0. The van der Waals surface area contributed by atoms with Gasteiger partial charge in [-0.25, -0.2) is 0 Å². The van der Waals surface area contributed by atoms with Crippen LogP contribution in [0.3, 0.4) is 0 Å². The molecule has 16 heavy (non-hydrogen) atoms. The van der Waals surface area contributed by atoms with Crippen LogP contribution in [0.15, 0.2) is 0 Å². The van der Waals surface area contributed by atoms with Crippen LogP contribution >= 0.6 is 0 Å². The van der Waals surface area contributed by atoms with E-state index in [4.69, 9.17) is 14.6 Å². The van der Waals surface area contributed by atoms with E-state index in [1.54, 1.807) is 13.8 Å². The van der Waals surface area contributed by atoms with Crippen LogP contribution in [0.1, 0.15) is 13.8 Å². The number of nitrogens with one attached hydrogen (secondary N) is 1. The van der Waals surface area contributed by atoms with Crippen molar-refractivity contribution in [1.29, 1.82) is 0 Å². The van der Waals surface area contributed by atoms with Crippen molar-refractivity contribution in [3.05, 3.63) is 0 Å². The van der Waals surface area contributed by atoms with Gasteiger partial charge in [0.2, 0.25) is 0 Å². The first-order chi connectivity index (χ1) is 7.44. The van der Waals surface area contributed by atoms with Gasteiger partial charge in [-0.15, -0.1) is 0 Å². The van der Waals surface area contributed by atoms with Gasteiger partial charge in [0.25, 0.3) is 0 Å². The molecule has 2 saturated heterocycles. The van der Waals surface area contributed by atoms with Gasteiger partial charge in [-0.05, 0) is 13.8 Å². The monoisotopic (exact) mass is 233 g/mol. The summed E-state index contributed by atoms with van der Waals surface area (Å²) in [5, 5.41) is 31.8. The van der Waals surface area contributed by atoms with Gasteiger partial charge in [-0.3, -0.25) is 0 Å². The van der Waals surface area contributed by atoms with Gasteiger partial charge in [-0.2, -0.15) is 0 Å². The Morgan fingerprint density at radius 2 is 1.94 bits per heavy atom. The molecule has 0 spiro atoms. The van der Waals surface area contributed by atoms with Crippen molar-refractivity contribution >= 4 is 0 Å². The summed E-state index contributed by atoms with van der Waals surface area (Å²) >= 11 is 0. The fourth-order valence-corrected chi connectivity index (χ4v) is 2.30. The molecule has 2 heterocycles. The number of ether oxygens (including phenoxy) is 2. The zero-order valence-corrected chi connectivity index (χ0v) is 9.46. The average Bonchev–Trinajstić information content (AvgIpc) is 2.48. The molecule has 0 bridgehead atoms. The molecule has 2 aliphatic rings. The molecule has 0 aromatic rings. The Kier molecular flexibility index (Phi) is 3.22. The zero-order chi connectivity index (χ0) is 11.9. The lowest BCUT2D eigenvalue weighted by atomic mass is 10.0. The van der Waals surface area contributed by atoms with Gasteiger partial charge >= 0.3 is 0 Å². The van der Waals surface area contributed by atoms with E-state index in [0.29, 0.717) is 6.54 Å². The number of rotatable bonds is 1. The van der Waals surface area contributed by atoms with E-state index in [2.05, 4.69) is 5.32 Å². The van der Waals surface area contributed by atoms with E-state index in [1.165, 1.54) is 0 Å². The van der Waals surface area contributed by atoms with Crippen molar-refractivity contribution in [3.8, 4) is 0 Å². The third-order valence-electron chi connectivity index (χ3n) is 3.10. The molecule has 6 nitrogen and oxygen atoms in total. The smallest absolute Gasteiger partial charge is 0.163 e. The molecular formula is C10H19NO5. The van der Waals surface area contributed by atoms with E-state index in [1.807, 2.05) is 0 Å². The highest BCUT2D eigenvalue weighted by Gasteiger charge is 2.49. The van der Waals surface area contributed by atoms with Gasteiger partial charge in [0.15, 0.2) is 5.79 Å². The lowest BCUT2D eigenvalue weighted by Crippen LogP contribution is -2.49.